The van der Waals surface area contributed by atoms with Crippen LogP contribution in [0.2, 0.25) is 0 Å². The Labute approximate surface area is 336 Å². The Bertz CT molecular complexity index is 1900. The van der Waals surface area contributed by atoms with Gasteiger partial charge in [-0.15, -0.1) is 0 Å². The SMILES string of the molecule is C[C@@H]1CN(CCCC[C@H]2CC[C@H](N3C(=S)N(c4ccc(C#N)c(C(F)(F)F)c4)C(=O)C3(C)C)CC2)C[C@H](C)N1CC(=O)Nc1ccc(N2CCC(=O)NC2=O)cn1. The van der Waals surface area contributed by atoms with Crippen LogP contribution in [0.5, 0.6) is 0 Å². The summed E-state index contributed by atoms with van der Waals surface area (Å²) in [6.45, 7) is 11.0. The summed E-state index contributed by atoms with van der Waals surface area (Å²) in [6, 6.07) is 8.07. The maximum atomic E-state index is 13.7. The van der Waals surface area contributed by atoms with Crippen molar-refractivity contribution < 1.29 is 32.3 Å². The fraction of sp³-hybridized carbons (Fsp3) is 0.575. The molecule has 1 saturated carbocycles. The van der Waals surface area contributed by atoms with E-state index in [4.69, 9.17) is 12.2 Å². The molecule has 6 rings (SSSR count). The van der Waals surface area contributed by atoms with E-state index in [0.29, 0.717) is 17.4 Å². The molecular formula is C40H50F3N9O4S. The number of pyridine rings is 1. The van der Waals surface area contributed by atoms with Crippen LogP contribution in [0.25, 0.3) is 0 Å². The number of unbranched alkanes of at least 4 members (excludes halogenated alkanes) is 1. The Morgan fingerprint density at radius 1 is 1.04 bits per heavy atom. The predicted molar refractivity (Wildman–Crippen MR) is 212 cm³/mol. The zero-order valence-corrected chi connectivity index (χ0v) is 33.6. The topological polar surface area (TPSA) is 145 Å². The minimum absolute atomic E-state index is 0.000441. The molecule has 4 fully saturated rings. The van der Waals surface area contributed by atoms with Gasteiger partial charge in [-0.1, -0.05) is 12.8 Å². The van der Waals surface area contributed by atoms with Gasteiger partial charge in [0.25, 0.3) is 5.91 Å². The van der Waals surface area contributed by atoms with Crippen LogP contribution in [0.1, 0.15) is 90.2 Å². The summed E-state index contributed by atoms with van der Waals surface area (Å²) >= 11 is 5.76. The van der Waals surface area contributed by atoms with Crippen LogP contribution in [0.3, 0.4) is 0 Å². The number of rotatable bonds is 11. The van der Waals surface area contributed by atoms with Crippen LogP contribution >= 0.6 is 12.2 Å². The van der Waals surface area contributed by atoms with Gasteiger partial charge in [-0.2, -0.15) is 18.4 Å². The van der Waals surface area contributed by atoms with Gasteiger partial charge in [0, 0.05) is 44.2 Å². The van der Waals surface area contributed by atoms with E-state index >= 15 is 0 Å². The largest absolute Gasteiger partial charge is 0.417 e. The van der Waals surface area contributed by atoms with E-state index in [-0.39, 0.29) is 66.2 Å². The van der Waals surface area contributed by atoms with Crippen molar-refractivity contribution in [3.05, 3.63) is 47.7 Å². The molecule has 306 valence electrons. The number of aromatic nitrogens is 1. The summed E-state index contributed by atoms with van der Waals surface area (Å²) in [5.74, 6) is 0.0849. The van der Waals surface area contributed by atoms with Gasteiger partial charge in [0.2, 0.25) is 11.8 Å². The third kappa shape index (κ3) is 9.23. The molecule has 0 spiro atoms. The fourth-order valence-corrected chi connectivity index (χ4v) is 9.42. The van der Waals surface area contributed by atoms with Crippen LogP contribution in [0.4, 0.5) is 35.2 Å². The third-order valence-electron chi connectivity index (χ3n) is 11.8. The van der Waals surface area contributed by atoms with Crippen molar-refractivity contribution >= 4 is 58.3 Å². The van der Waals surface area contributed by atoms with Crippen LogP contribution in [-0.2, 0) is 20.6 Å². The minimum atomic E-state index is -4.75. The van der Waals surface area contributed by atoms with Gasteiger partial charge in [-0.25, -0.2) is 9.78 Å². The van der Waals surface area contributed by atoms with Crippen molar-refractivity contribution in [1.29, 1.82) is 5.26 Å². The summed E-state index contributed by atoms with van der Waals surface area (Å²) in [6.07, 6.45) is 3.86. The van der Waals surface area contributed by atoms with E-state index < -0.39 is 28.9 Å². The average Bonchev–Trinajstić information content (AvgIpc) is 3.33. The second kappa shape index (κ2) is 17.1. The summed E-state index contributed by atoms with van der Waals surface area (Å²) < 4.78 is 41.2. The summed E-state index contributed by atoms with van der Waals surface area (Å²) in [5, 5.41) is 14.6. The predicted octanol–water partition coefficient (Wildman–Crippen LogP) is 5.89. The van der Waals surface area contributed by atoms with E-state index in [2.05, 4.69) is 39.3 Å². The second-order valence-electron chi connectivity index (χ2n) is 16.2. The first kappa shape index (κ1) is 42.0. The first-order valence-corrected chi connectivity index (χ1v) is 20.0. The van der Waals surface area contributed by atoms with E-state index in [1.165, 1.54) is 22.1 Å². The molecule has 13 nitrogen and oxygen atoms in total. The number of benzene rings is 1. The highest BCUT2D eigenvalue weighted by atomic mass is 32.1. The lowest BCUT2D eigenvalue weighted by Crippen LogP contribution is -2.58. The Morgan fingerprint density at radius 3 is 2.33 bits per heavy atom. The number of carbonyl (C=O) groups is 4. The number of hydrogen-bond donors (Lipinski definition) is 2. The molecule has 57 heavy (non-hydrogen) atoms. The van der Waals surface area contributed by atoms with Gasteiger partial charge in [0.15, 0.2) is 5.11 Å². The van der Waals surface area contributed by atoms with Crippen molar-refractivity contribution in [2.45, 2.75) is 109 Å². The first-order valence-electron chi connectivity index (χ1n) is 19.6. The molecule has 0 unspecified atom stereocenters. The average molecular weight is 810 g/mol. The molecule has 2 aromatic rings. The third-order valence-corrected chi connectivity index (χ3v) is 12.2. The number of hydrogen-bond acceptors (Lipinski definition) is 9. The van der Waals surface area contributed by atoms with Crippen molar-refractivity contribution in [3.63, 3.8) is 0 Å². The van der Waals surface area contributed by atoms with E-state index in [1.54, 1.807) is 32.0 Å². The van der Waals surface area contributed by atoms with Gasteiger partial charge in [0.1, 0.15) is 11.4 Å². The zero-order valence-electron chi connectivity index (χ0n) is 32.8. The summed E-state index contributed by atoms with van der Waals surface area (Å²) in [4.78, 5) is 63.7. The van der Waals surface area contributed by atoms with Crippen LogP contribution in [-0.4, -0.2) is 105 Å². The molecule has 5 amide bonds. The van der Waals surface area contributed by atoms with Gasteiger partial charge in [-0.05, 0) is 115 Å². The zero-order chi connectivity index (χ0) is 41.2. The monoisotopic (exact) mass is 809 g/mol. The number of thiocarbonyl (C=S) groups is 1. The molecule has 4 heterocycles. The molecule has 0 bridgehead atoms. The number of amides is 5. The minimum Gasteiger partial charge on any atom is -0.331 e. The first-order chi connectivity index (χ1) is 27.0. The summed E-state index contributed by atoms with van der Waals surface area (Å²) in [7, 11) is 0. The molecule has 4 aliphatic rings. The van der Waals surface area contributed by atoms with Crippen molar-refractivity contribution in [2.24, 2.45) is 5.92 Å². The van der Waals surface area contributed by atoms with Gasteiger partial charge in [-0.3, -0.25) is 34.4 Å². The number of nitrogens with one attached hydrogen (secondary N) is 2. The molecule has 2 atom stereocenters. The molecule has 0 radical (unpaired) electrons. The molecule has 17 heteroatoms. The Balaban J connectivity index is 0.918. The normalized spacial score (nSPS) is 24.8. The Hall–Kier alpha value is -4.66. The number of piperazine rings is 1. The quantitative estimate of drug-likeness (QED) is 0.208. The van der Waals surface area contributed by atoms with Crippen LogP contribution in [0.15, 0.2) is 36.5 Å². The standard InChI is InChI=1S/C40H50F3N9O4S/c1-25-22-48(23-26(2)50(25)24-35(54)46-33-15-14-31(21-45-33)49-18-16-34(53)47-37(49)56)17-6-5-7-27-8-11-29(12-9-27)52-38(57)51(36(55)39(52,3)4)30-13-10-28(20-44)32(19-30)40(41,42)43/h10,13-15,19,21,25-27,29H,5-9,11-12,16-18,22-24H2,1-4H3,(H,45,46,54)(H,47,53,56)/t25-,26+,27-,29-. The van der Waals surface area contributed by atoms with E-state index in [9.17, 15) is 37.6 Å². The Morgan fingerprint density at radius 2 is 1.72 bits per heavy atom. The van der Waals surface area contributed by atoms with Crippen molar-refractivity contribution in [1.82, 2.24) is 25.0 Å². The number of halogens is 3. The molecule has 1 aromatic heterocycles. The number of alkyl halides is 3. The number of urea groups is 1. The maximum absolute atomic E-state index is 13.7. The fourth-order valence-electron chi connectivity index (χ4n) is 8.85. The molecular weight excluding hydrogens is 760 g/mol. The highest BCUT2D eigenvalue weighted by Gasteiger charge is 2.52. The highest BCUT2D eigenvalue weighted by molar-refractivity contribution is 7.80. The number of imide groups is 1. The van der Waals surface area contributed by atoms with Gasteiger partial charge < -0.3 is 15.1 Å². The smallest absolute Gasteiger partial charge is 0.331 e. The van der Waals surface area contributed by atoms with Crippen LogP contribution in [0, 0.1) is 17.2 Å². The van der Waals surface area contributed by atoms with Crippen molar-refractivity contribution in [2.75, 3.05) is 47.8 Å². The number of carbonyl (C=O) groups excluding carboxylic acids is 4. The molecule has 3 aliphatic heterocycles. The number of anilines is 3. The molecule has 1 aliphatic carbocycles. The lowest BCUT2D eigenvalue weighted by Gasteiger charge is -2.44. The molecule has 3 saturated heterocycles. The van der Waals surface area contributed by atoms with Crippen LogP contribution < -0.4 is 20.4 Å². The molecule has 1 aromatic carbocycles. The lowest BCUT2D eigenvalue weighted by atomic mass is 9.81. The van der Waals surface area contributed by atoms with Crippen molar-refractivity contribution in [3.8, 4) is 6.07 Å². The second-order valence-corrected chi connectivity index (χ2v) is 16.6. The highest BCUT2D eigenvalue weighted by Crippen LogP contribution is 2.41. The Kier molecular flexibility index (Phi) is 12.6. The summed E-state index contributed by atoms with van der Waals surface area (Å²) in [5.41, 5.74) is -2.06. The van der Waals surface area contributed by atoms with E-state index in [1.807, 2.05) is 4.90 Å². The number of nitriles is 1. The maximum Gasteiger partial charge on any atom is 0.417 e. The van der Waals surface area contributed by atoms with Gasteiger partial charge >= 0.3 is 12.2 Å². The molecule has 2 N–H and O–H groups in total. The lowest BCUT2D eigenvalue weighted by molar-refractivity contribution is -0.137. The number of nitrogens with zero attached hydrogens (tertiary/aromatic N) is 7. The van der Waals surface area contributed by atoms with Gasteiger partial charge in [0.05, 0.1) is 41.3 Å². The van der Waals surface area contributed by atoms with E-state index in [0.717, 1.165) is 76.7 Å².